The van der Waals surface area contributed by atoms with Crippen LogP contribution in [0.15, 0.2) is 52.1 Å². The first kappa shape index (κ1) is 18.2. The van der Waals surface area contributed by atoms with E-state index in [9.17, 15) is 14.4 Å². The van der Waals surface area contributed by atoms with Crippen LogP contribution in [0.5, 0.6) is 0 Å². The van der Waals surface area contributed by atoms with Crippen LogP contribution in [0.2, 0.25) is 10.0 Å². The molecule has 134 valence electrons. The van der Waals surface area contributed by atoms with E-state index in [1.807, 2.05) is 0 Å². The van der Waals surface area contributed by atoms with Crippen LogP contribution in [0.3, 0.4) is 0 Å². The van der Waals surface area contributed by atoms with Crippen LogP contribution in [0.4, 0.5) is 0 Å². The monoisotopic (exact) mass is 391 g/mol. The molecule has 0 aliphatic heterocycles. The number of rotatable bonds is 4. The van der Waals surface area contributed by atoms with Crippen molar-refractivity contribution in [3.05, 3.63) is 78.9 Å². The second-order valence-corrected chi connectivity index (χ2v) is 6.61. The summed E-state index contributed by atoms with van der Waals surface area (Å²) in [5.41, 5.74) is -0.0248. The van der Waals surface area contributed by atoms with E-state index in [0.717, 1.165) is 4.57 Å². The molecule has 0 bridgehead atoms. The van der Waals surface area contributed by atoms with E-state index in [0.29, 0.717) is 26.5 Å². The summed E-state index contributed by atoms with van der Waals surface area (Å²) in [5, 5.41) is 1.11. The third-order valence-corrected chi connectivity index (χ3v) is 4.91. The molecular weight excluding hydrogens is 377 g/mol. The van der Waals surface area contributed by atoms with Crippen molar-refractivity contribution in [2.24, 2.45) is 0 Å². The predicted octanol–water partition coefficient (Wildman–Crippen LogP) is 2.66. The minimum Gasteiger partial charge on any atom is -0.340 e. The van der Waals surface area contributed by atoms with Crippen LogP contribution in [0, 0.1) is 0 Å². The SMILES string of the molecule is CN(Cc1cccc(Cl)c1Cl)C(=O)Cn1c(=O)[nH]c2ccccc2c1=O. The number of fused-ring (bicyclic) bond motifs is 1. The molecule has 0 fully saturated rings. The molecule has 1 amide bonds. The molecule has 0 aliphatic carbocycles. The minimum absolute atomic E-state index is 0.207. The molecule has 1 aromatic heterocycles. The zero-order chi connectivity index (χ0) is 18.8. The predicted molar refractivity (Wildman–Crippen MR) is 102 cm³/mol. The lowest BCUT2D eigenvalue weighted by atomic mass is 10.2. The quantitative estimate of drug-likeness (QED) is 0.742. The number of para-hydroxylation sites is 1. The first-order chi connectivity index (χ1) is 12.4. The van der Waals surface area contributed by atoms with Crippen molar-refractivity contribution in [1.29, 1.82) is 0 Å². The number of carbonyl (C=O) groups is 1. The van der Waals surface area contributed by atoms with Gasteiger partial charge in [0.05, 0.1) is 20.9 Å². The van der Waals surface area contributed by atoms with Gasteiger partial charge in [-0.3, -0.25) is 14.2 Å². The van der Waals surface area contributed by atoms with Gasteiger partial charge in [0.15, 0.2) is 0 Å². The third kappa shape index (κ3) is 3.52. The number of amides is 1. The van der Waals surface area contributed by atoms with Gasteiger partial charge in [-0.05, 0) is 23.8 Å². The largest absolute Gasteiger partial charge is 0.340 e. The van der Waals surface area contributed by atoms with Gasteiger partial charge in [0.2, 0.25) is 5.91 Å². The lowest BCUT2D eigenvalue weighted by Crippen LogP contribution is -2.41. The van der Waals surface area contributed by atoms with Crippen molar-refractivity contribution < 1.29 is 4.79 Å². The molecule has 0 spiro atoms. The average molecular weight is 392 g/mol. The highest BCUT2D eigenvalue weighted by atomic mass is 35.5. The van der Waals surface area contributed by atoms with Crippen molar-refractivity contribution in [3.63, 3.8) is 0 Å². The van der Waals surface area contributed by atoms with Gasteiger partial charge in [-0.1, -0.05) is 47.5 Å². The maximum absolute atomic E-state index is 12.5. The lowest BCUT2D eigenvalue weighted by molar-refractivity contribution is -0.131. The zero-order valence-electron chi connectivity index (χ0n) is 13.8. The molecule has 0 aliphatic rings. The van der Waals surface area contributed by atoms with Gasteiger partial charge in [-0.15, -0.1) is 0 Å². The molecule has 26 heavy (non-hydrogen) atoms. The minimum atomic E-state index is -0.628. The molecule has 6 nitrogen and oxygen atoms in total. The zero-order valence-corrected chi connectivity index (χ0v) is 15.3. The molecule has 3 aromatic rings. The summed E-state index contributed by atoms with van der Waals surface area (Å²) < 4.78 is 0.890. The number of H-pyrrole nitrogens is 1. The van der Waals surface area contributed by atoms with E-state index < -0.39 is 17.2 Å². The Morgan fingerprint density at radius 2 is 1.85 bits per heavy atom. The summed E-state index contributed by atoms with van der Waals surface area (Å²) in [6.45, 7) is -0.161. The smallest absolute Gasteiger partial charge is 0.329 e. The van der Waals surface area contributed by atoms with Gasteiger partial charge in [0.1, 0.15) is 6.54 Å². The van der Waals surface area contributed by atoms with Crippen LogP contribution < -0.4 is 11.2 Å². The number of likely N-dealkylation sites (N-methyl/N-ethyl adjacent to an activating group) is 1. The van der Waals surface area contributed by atoms with E-state index >= 15 is 0 Å². The molecule has 0 radical (unpaired) electrons. The van der Waals surface area contributed by atoms with Crippen LogP contribution in [0.1, 0.15) is 5.56 Å². The number of nitrogens with zero attached hydrogens (tertiary/aromatic N) is 2. The van der Waals surface area contributed by atoms with E-state index in [1.165, 1.54) is 4.90 Å². The fraction of sp³-hybridized carbons (Fsp3) is 0.167. The van der Waals surface area contributed by atoms with Crippen LogP contribution >= 0.6 is 23.2 Å². The van der Waals surface area contributed by atoms with Crippen molar-refractivity contribution >= 4 is 40.0 Å². The Labute approximate surface area is 158 Å². The third-order valence-electron chi connectivity index (χ3n) is 4.05. The Morgan fingerprint density at radius 1 is 1.12 bits per heavy atom. The summed E-state index contributed by atoms with van der Waals surface area (Å²) in [6, 6.07) is 11.8. The van der Waals surface area contributed by atoms with Crippen LogP contribution in [-0.4, -0.2) is 27.4 Å². The van der Waals surface area contributed by atoms with Gasteiger partial charge in [0.25, 0.3) is 5.56 Å². The number of aromatic nitrogens is 2. The van der Waals surface area contributed by atoms with Gasteiger partial charge < -0.3 is 9.88 Å². The Balaban J connectivity index is 1.86. The van der Waals surface area contributed by atoms with E-state index in [1.54, 1.807) is 49.5 Å². The standard InChI is InChI=1S/C18H15Cl2N3O3/c1-22(9-11-5-4-7-13(19)16(11)20)15(24)10-23-17(25)12-6-2-3-8-14(12)21-18(23)26/h2-8H,9-10H2,1H3,(H,21,26). The van der Waals surface area contributed by atoms with Gasteiger partial charge in [-0.25, -0.2) is 4.79 Å². The average Bonchev–Trinajstić information content (AvgIpc) is 2.62. The highest BCUT2D eigenvalue weighted by molar-refractivity contribution is 6.42. The second-order valence-electron chi connectivity index (χ2n) is 5.83. The molecule has 0 atom stereocenters. The first-order valence-electron chi connectivity index (χ1n) is 7.77. The van der Waals surface area contributed by atoms with Gasteiger partial charge in [0, 0.05) is 13.6 Å². The maximum atomic E-state index is 12.5. The highest BCUT2D eigenvalue weighted by Gasteiger charge is 2.16. The molecule has 2 aromatic carbocycles. The summed E-state index contributed by atoms with van der Waals surface area (Å²) in [7, 11) is 1.57. The molecular formula is C18H15Cl2N3O3. The number of hydrogen-bond donors (Lipinski definition) is 1. The van der Waals surface area contributed by atoms with Crippen molar-refractivity contribution in [2.45, 2.75) is 13.1 Å². The highest BCUT2D eigenvalue weighted by Crippen LogP contribution is 2.26. The van der Waals surface area contributed by atoms with E-state index in [-0.39, 0.29) is 13.1 Å². The number of halogens is 2. The Hall–Kier alpha value is -2.57. The van der Waals surface area contributed by atoms with Gasteiger partial charge >= 0.3 is 5.69 Å². The first-order valence-corrected chi connectivity index (χ1v) is 8.53. The Morgan fingerprint density at radius 3 is 2.62 bits per heavy atom. The normalized spacial score (nSPS) is 10.9. The molecule has 8 heteroatoms. The molecule has 0 saturated heterocycles. The number of nitrogens with one attached hydrogen (secondary N) is 1. The van der Waals surface area contributed by atoms with E-state index in [4.69, 9.17) is 23.2 Å². The summed E-state index contributed by atoms with van der Waals surface area (Å²) in [4.78, 5) is 41.2. The number of aromatic amines is 1. The van der Waals surface area contributed by atoms with E-state index in [2.05, 4.69) is 4.98 Å². The van der Waals surface area contributed by atoms with Crippen LogP contribution in [0.25, 0.3) is 10.9 Å². The van der Waals surface area contributed by atoms with Crippen molar-refractivity contribution in [1.82, 2.24) is 14.5 Å². The summed E-state index contributed by atoms with van der Waals surface area (Å²) in [5.74, 6) is -0.399. The molecule has 0 saturated carbocycles. The summed E-state index contributed by atoms with van der Waals surface area (Å²) >= 11 is 12.1. The maximum Gasteiger partial charge on any atom is 0.329 e. The molecule has 0 unspecified atom stereocenters. The van der Waals surface area contributed by atoms with Crippen molar-refractivity contribution in [2.75, 3.05) is 7.05 Å². The summed E-state index contributed by atoms with van der Waals surface area (Å²) in [6.07, 6.45) is 0. The Kier molecular flexibility index (Phi) is 5.15. The number of hydrogen-bond acceptors (Lipinski definition) is 3. The molecule has 1 N–H and O–H groups in total. The molecule has 1 heterocycles. The van der Waals surface area contributed by atoms with Gasteiger partial charge in [-0.2, -0.15) is 0 Å². The molecule has 3 rings (SSSR count). The lowest BCUT2D eigenvalue weighted by Gasteiger charge is -2.18. The van der Waals surface area contributed by atoms with Crippen molar-refractivity contribution in [3.8, 4) is 0 Å². The number of benzene rings is 2. The number of carbonyl (C=O) groups excluding carboxylic acids is 1. The fourth-order valence-electron chi connectivity index (χ4n) is 2.61. The van der Waals surface area contributed by atoms with Crippen LogP contribution in [-0.2, 0) is 17.9 Å². The Bertz CT molecular complexity index is 1100. The fourth-order valence-corrected chi connectivity index (χ4v) is 2.99. The second kappa shape index (κ2) is 7.35. The topological polar surface area (TPSA) is 75.2 Å².